The quantitative estimate of drug-likeness (QED) is 0.935. The van der Waals surface area contributed by atoms with Crippen molar-refractivity contribution in [2.45, 2.75) is 19.9 Å². The van der Waals surface area contributed by atoms with Crippen molar-refractivity contribution >= 4 is 11.6 Å². The molecule has 0 aromatic heterocycles. The lowest BCUT2D eigenvalue weighted by atomic mass is 9.94. The number of hydrogen-bond donors (Lipinski definition) is 1. The lowest BCUT2D eigenvalue weighted by Crippen LogP contribution is -2.37. The lowest BCUT2D eigenvalue weighted by molar-refractivity contribution is -0.122. The Morgan fingerprint density at radius 1 is 1.05 bits per heavy atom. The molecule has 2 atom stereocenters. The minimum Gasteiger partial charge on any atom is -0.323 e. The van der Waals surface area contributed by atoms with Crippen molar-refractivity contribution in [3.05, 3.63) is 65.7 Å². The number of benzene rings is 2. The van der Waals surface area contributed by atoms with Crippen LogP contribution in [0.3, 0.4) is 0 Å². The van der Waals surface area contributed by atoms with E-state index in [-0.39, 0.29) is 17.9 Å². The molecule has 2 N–H and O–H groups in total. The molecule has 110 valence electrons. The first-order valence-corrected chi connectivity index (χ1v) is 7.15. The number of anilines is 1. The average Bonchev–Trinajstić information content (AvgIpc) is 2.53. The number of aryl methyl sites for hydroxylation is 1. The van der Waals surface area contributed by atoms with Crippen molar-refractivity contribution in [1.82, 2.24) is 0 Å². The molecule has 21 heavy (non-hydrogen) atoms. The number of carbonyl (C=O) groups is 1. The van der Waals surface area contributed by atoms with Gasteiger partial charge in [0.2, 0.25) is 5.91 Å². The fraction of sp³-hybridized carbons (Fsp3) is 0.278. The number of nitrogens with two attached hydrogens (primary N) is 1. The summed E-state index contributed by atoms with van der Waals surface area (Å²) in [5.41, 5.74) is 9.28. The maximum Gasteiger partial charge on any atom is 0.231 e. The van der Waals surface area contributed by atoms with Gasteiger partial charge in [-0.05, 0) is 24.6 Å². The molecule has 0 aliphatic rings. The van der Waals surface area contributed by atoms with Gasteiger partial charge in [-0.1, -0.05) is 55.0 Å². The van der Waals surface area contributed by atoms with E-state index in [9.17, 15) is 4.79 Å². The van der Waals surface area contributed by atoms with Gasteiger partial charge in [-0.15, -0.1) is 0 Å². The number of carbonyl (C=O) groups excluding carboxylic acids is 1. The Morgan fingerprint density at radius 3 is 2.19 bits per heavy atom. The van der Waals surface area contributed by atoms with Crippen LogP contribution in [0.5, 0.6) is 0 Å². The first kappa shape index (κ1) is 15.3. The molecule has 0 spiro atoms. The van der Waals surface area contributed by atoms with Crippen LogP contribution in [0.25, 0.3) is 0 Å². The molecule has 1 amide bonds. The Hall–Kier alpha value is -2.13. The van der Waals surface area contributed by atoms with E-state index >= 15 is 0 Å². The van der Waals surface area contributed by atoms with Gasteiger partial charge in [-0.25, -0.2) is 0 Å². The zero-order chi connectivity index (χ0) is 15.4. The molecule has 2 unspecified atom stereocenters. The molecule has 0 heterocycles. The van der Waals surface area contributed by atoms with Crippen LogP contribution in [0.1, 0.15) is 24.1 Å². The van der Waals surface area contributed by atoms with Gasteiger partial charge < -0.3 is 10.6 Å². The summed E-state index contributed by atoms with van der Waals surface area (Å²) >= 11 is 0. The second kappa shape index (κ2) is 6.55. The Labute approximate surface area is 126 Å². The molecule has 0 aliphatic heterocycles. The van der Waals surface area contributed by atoms with Crippen LogP contribution in [-0.2, 0) is 4.79 Å². The molecular weight excluding hydrogens is 260 g/mol. The molecule has 0 fully saturated rings. The minimum atomic E-state index is -0.299. The first-order chi connectivity index (χ1) is 10.0. The van der Waals surface area contributed by atoms with Gasteiger partial charge in [-0.2, -0.15) is 0 Å². The minimum absolute atomic E-state index is 0.0233. The van der Waals surface area contributed by atoms with E-state index < -0.39 is 0 Å². The van der Waals surface area contributed by atoms with Gasteiger partial charge in [0.25, 0.3) is 0 Å². The van der Waals surface area contributed by atoms with Gasteiger partial charge >= 0.3 is 0 Å². The van der Waals surface area contributed by atoms with E-state index in [0.717, 1.165) is 11.3 Å². The van der Waals surface area contributed by atoms with Crippen molar-refractivity contribution in [2.24, 2.45) is 11.7 Å². The summed E-state index contributed by atoms with van der Waals surface area (Å²) in [6.45, 7) is 3.91. The third kappa shape index (κ3) is 3.50. The second-order valence-electron chi connectivity index (χ2n) is 5.46. The van der Waals surface area contributed by atoms with Gasteiger partial charge in [0.15, 0.2) is 0 Å². The highest BCUT2D eigenvalue weighted by atomic mass is 16.2. The molecule has 3 nitrogen and oxygen atoms in total. The Bertz CT molecular complexity index is 592. The van der Waals surface area contributed by atoms with Gasteiger partial charge in [0.1, 0.15) is 0 Å². The van der Waals surface area contributed by atoms with Crippen LogP contribution in [0, 0.1) is 12.8 Å². The fourth-order valence-corrected chi connectivity index (χ4v) is 2.32. The maximum absolute atomic E-state index is 12.6. The standard InChI is InChI=1S/C18H22N2O/c1-13-9-11-16(12-10-13)20(3)18(21)14(2)17(19)15-7-5-4-6-8-15/h4-12,14,17H,19H2,1-3H3. The van der Waals surface area contributed by atoms with Crippen molar-refractivity contribution < 1.29 is 4.79 Å². The highest BCUT2D eigenvalue weighted by Gasteiger charge is 2.25. The molecule has 2 aromatic rings. The third-order valence-electron chi connectivity index (χ3n) is 3.86. The summed E-state index contributed by atoms with van der Waals surface area (Å²) < 4.78 is 0. The molecule has 0 saturated carbocycles. The zero-order valence-corrected chi connectivity index (χ0v) is 12.8. The lowest BCUT2D eigenvalue weighted by Gasteiger charge is -2.25. The largest absolute Gasteiger partial charge is 0.323 e. The SMILES string of the molecule is Cc1ccc(N(C)C(=O)C(C)C(N)c2ccccc2)cc1. The molecule has 0 bridgehead atoms. The van der Waals surface area contributed by atoms with E-state index in [2.05, 4.69) is 0 Å². The van der Waals surface area contributed by atoms with Crippen molar-refractivity contribution in [3.63, 3.8) is 0 Å². The van der Waals surface area contributed by atoms with Crippen LogP contribution in [0.2, 0.25) is 0 Å². The monoisotopic (exact) mass is 282 g/mol. The number of nitrogens with zero attached hydrogens (tertiary/aromatic N) is 1. The summed E-state index contributed by atoms with van der Waals surface area (Å²) in [5, 5.41) is 0. The van der Waals surface area contributed by atoms with Gasteiger partial charge in [0.05, 0.1) is 5.92 Å². The van der Waals surface area contributed by atoms with E-state index in [0.29, 0.717) is 0 Å². The number of hydrogen-bond acceptors (Lipinski definition) is 2. The molecule has 0 radical (unpaired) electrons. The van der Waals surface area contributed by atoms with Crippen LogP contribution in [0.15, 0.2) is 54.6 Å². The summed E-state index contributed by atoms with van der Waals surface area (Å²) in [6.07, 6.45) is 0. The molecule has 0 saturated heterocycles. The fourth-order valence-electron chi connectivity index (χ4n) is 2.32. The predicted octanol–water partition coefficient (Wildman–Crippen LogP) is 3.29. The molecule has 2 rings (SSSR count). The highest BCUT2D eigenvalue weighted by molar-refractivity contribution is 5.94. The van der Waals surface area contributed by atoms with E-state index in [1.54, 1.807) is 11.9 Å². The number of rotatable bonds is 4. The van der Waals surface area contributed by atoms with Crippen LogP contribution in [0.4, 0.5) is 5.69 Å². The van der Waals surface area contributed by atoms with E-state index in [4.69, 9.17) is 5.73 Å². The van der Waals surface area contributed by atoms with E-state index in [1.165, 1.54) is 5.56 Å². The van der Waals surface area contributed by atoms with Crippen LogP contribution >= 0.6 is 0 Å². The van der Waals surface area contributed by atoms with Crippen molar-refractivity contribution in [2.75, 3.05) is 11.9 Å². The van der Waals surface area contributed by atoms with E-state index in [1.807, 2.05) is 68.4 Å². The maximum atomic E-state index is 12.6. The first-order valence-electron chi connectivity index (χ1n) is 7.15. The highest BCUT2D eigenvalue weighted by Crippen LogP contribution is 2.23. The molecular formula is C18H22N2O. The third-order valence-corrected chi connectivity index (χ3v) is 3.86. The summed E-state index contributed by atoms with van der Waals surface area (Å²) in [4.78, 5) is 14.3. The second-order valence-corrected chi connectivity index (χ2v) is 5.46. The van der Waals surface area contributed by atoms with Gasteiger partial charge in [0, 0.05) is 18.8 Å². The average molecular weight is 282 g/mol. The molecule has 3 heteroatoms. The topological polar surface area (TPSA) is 46.3 Å². The number of amides is 1. The smallest absolute Gasteiger partial charge is 0.231 e. The van der Waals surface area contributed by atoms with Crippen LogP contribution < -0.4 is 10.6 Å². The summed E-state index contributed by atoms with van der Waals surface area (Å²) in [5.74, 6) is -0.256. The van der Waals surface area contributed by atoms with Crippen molar-refractivity contribution in [3.8, 4) is 0 Å². The predicted molar refractivity (Wildman–Crippen MR) is 87.1 cm³/mol. The van der Waals surface area contributed by atoms with Crippen LogP contribution in [-0.4, -0.2) is 13.0 Å². The van der Waals surface area contributed by atoms with Gasteiger partial charge in [-0.3, -0.25) is 4.79 Å². The summed E-state index contributed by atoms with van der Waals surface area (Å²) in [7, 11) is 1.79. The molecule has 2 aromatic carbocycles. The molecule has 0 aliphatic carbocycles. The Morgan fingerprint density at radius 2 is 1.62 bits per heavy atom. The zero-order valence-electron chi connectivity index (χ0n) is 12.8. The summed E-state index contributed by atoms with van der Waals surface area (Å²) in [6, 6.07) is 17.4. The normalized spacial score (nSPS) is 13.5. The van der Waals surface area contributed by atoms with Crippen molar-refractivity contribution in [1.29, 1.82) is 0 Å². The Kier molecular flexibility index (Phi) is 4.76. The Balaban J connectivity index is 2.13.